The summed E-state index contributed by atoms with van der Waals surface area (Å²) in [6.07, 6.45) is 9.64. The predicted molar refractivity (Wildman–Crippen MR) is 133 cm³/mol. The van der Waals surface area contributed by atoms with E-state index in [9.17, 15) is 19.6 Å². The topological polar surface area (TPSA) is 101 Å². The van der Waals surface area contributed by atoms with E-state index < -0.39 is 10.8 Å². The van der Waals surface area contributed by atoms with Crippen molar-refractivity contribution in [2.75, 3.05) is 0 Å². The standard InChI is InChI=1S/C30H40N2O3/c1-17-19-7-8-28(5)22(27(19,4)14-18(16-31)24(17)34)13-21(33)23-20-15-26(2,3)9-11-30(20,25(32)35)12-10-29(23,28)6/h13-14,17,19-20,23H,7-12,15H2,1-6H3,(H2,32,35)/t17-,19?,20?,23?,27-,28+,29+,30-/m0/s1. The van der Waals surface area contributed by atoms with Gasteiger partial charge in [0.25, 0.3) is 0 Å². The molecule has 5 rings (SSSR count). The van der Waals surface area contributed by atoms with Gasteiger partial charge in [-0.25, -0.2) is 0 Å². The average molecular weight is 477 g/mol. The van der Waals surface area contributed by atoms with E-state index >= 15 is 0 Å². The molecule has 5 aliphatic carbocycles. The molecule has 0 spiro atoms. The number of Topliss-reactive ketones (excluding diaryl/α,β-unsaturated/α-hetero) is 1. The van der Waals surface area contributed by atoms with Gasteiger partial charge in [0.1, 0.15) is 6.07 Å². The van der Waals surface area contributed by atoms with Crippen molar-refractivity contribution in [1.82, 2.24) is 0 Å². The number of hydrogen-bond acceptors (Lipinski definition) is 4. The summed E-state index contributed by atoms with van der Waals surface area (Å²) in [5.74, 6) is -0.624. The minimum atomic E-state index is -0.599. The van der Waals surface area contributed by atoms with Crippen LogP contribution in [-0.4, -0.2) is 17.5 Å². The normalized spacial score (nSPS) is 48.3. The van der Waals surface area contributed by atoms with Crippen LogP contribution in [0.25, 0.3) is 0 Å². The van der Waals surface area contributed by atoms with E-state index in [2.05, 4.69) is 40.7 Å². The van der Waals surface area contributed by atoms with Gasteiger partial charge < -0.3 is 5.73 Å². The van der Waals surface area contributed by atoms with Gasteiger partial charge in [0.15, 0.2) is 11.6 Å². The number of allylic oxidation sites excluding steroid dienone is 4. The minimum absolute atomic E-state index is 0.0489. The molecule has 5 aliphatic rings. The molecule has 0 bridgehead atoms. The van der Waals surface area contributed by atoms with Gasteiger partial charge in [0.05, 0.1) is 11.0 Å². The first-order valence-electron chi connectivity index (χ1n) is 13.4. The molecule has 5 nitrogen and oxygen atoms in total. The highest BCUT2D eigenvalue weighted by Gasteiger charge is 2.69. The second kappa shape index (κ2) is 7.17. The highest BCUT2D eigenvalue weighted by Crippen LogP contribution is 2.73. The lowest BCUT2D eigenvalue weighted by Crippen LogP contribution is -2.65. The van der Waals surface area contributed by atoms with Gasteiger partial charge in [0, 0.05) is 17.3 Å². The van der Waals surface area contributed by atoms with Crippen LogP contribution in [0.15, 0.2) is 23.3 Å². The molecule has 0 aromatic rings. The van der Waals surface area contributed by atoms with Gasteiger partial charge in [-0.15, -0.1) is 0 Å². The number of carbonyl (C=O) groups is 3. The van der Waals surface area contributed by atoms with Crippen LogP contribution in [0, 0.1) is 62.1 Å². The third-order valence-electron chi connectivity index (χ3n) is 12.0. The van der Waals surface area contributed by atoms with Gasteiger partial charge in [-0.05, 0) is 79.1 Å². The molecule has 2 N–H and O–H groups in total. The quantitative estimate of drug-likeness (QED) is 0.555. The number of amides is 1. The summed E-state index contributed by atoms with van der Waals surface area (Å²) in [7, 11) is 0. The number of nitrogens with zero attached hydrogens (tertiary/aromatic N) is 1. The maximum absolute atomic E-state index is 14.2. The lowest BCUT2D eigenvalue weighted by molar-refractivity contribution is -0.175. The number of nitrogens with two attached hydrogens (primary N) is 1. The summed E-state index contributed by atoms with van der Waals surface area (Å²) >= 11 is 0. The van der Waals surface area contributed by atoms with Gasteiger partial charge in [-0.1, -0.05) is 53.2 Å². The zero-order valence-electron chi connectivity index (χ0n) is 22.2. The van der Waals surface area contributed by atoms with Crippen molar-refractivity contribution < 1.29 is 14.4 Å². The molecule has 3 unspecified atom stereocenters. The Kier molecular flexibility index (Phi) is 5.02. The van der Waals surface area contributed by atoms with Crippen molar-refractivity contribution in [1.29, 1.82) is 5.26 Å². The van der Waals surface area contributed by atoms with Gasteiger partial charge >= 0.3 is 0 Å². The Balaban J connectivity index is 1.70. The zero-order valence-corrected chi connectivity index (χ0v) is 22.2. The van der Waals surface area contributed by atoms with E-state index in [1.165, 1.54) is 0 Å². The van der Waals surface area contributed by atoms with Crippen LogP contribution in [0.4, 0.5) is 0 Å². The monoisotopic (exact) mass is 476 g/mol. The largest absolute Gasteiger partial charge is 0.369 e. The second-order valence-corrected chi connectivity index (χ2v) is 13.9. The fourth-order valence-electron chi connectivity index (χ4n) is 9.68. The van der Waals surface area contributed by atoms with Crippen molar-refractivity contribution in [2.24, 2.45) is 56.5 Å². The van der Waals surface area contributed by atoms with Gasteiger partial charge in [-0.2, -0.15) is 5.26 Å². The van der Waals surface area contributed by atoms with Crippen LogP contribution >= 0.6 is 0 Å². The van der Waals surface area contributed by atoms with Crippen LogP contribution < -0.4 is 5.73 Å². The van der Waals surface area contributed by atoms with Crippen molar-refractivity contribution in [3.63, 3.8) is 0 Å². The lowest BCUT2D eigenvalue weighted by atomic mass is 9.35. The third kappa shape index (κ3) is 2.89. The van der Waals surface area contributed by atoms with Crippen LogP contribution in [0.5, 0.6) is 0 Å². The zero-order chi connectivity index (χ0) is 25.8. The molecule has 0 heterocycles. The highest BCUT2D eigenvalue weighted by atomic mass is 16.1. The molecule has 3 fully saturated rings. The number of rotatable bonds is 1. The van der Waals surface area contributed by atoms with E-state index in [1.807, 2.05) is 19.1 Å². The molecular weight excluding hydrogens is 436 g/mol. The molecule has 35 heavy (non-hydrogen) atoms. The molecule has 0 aromatic heterocycles. The number of fused-ring (bicyclic) bond motifs is 7. The first kappa shape index (κ1) is 24.5. The third-order valence-corrected chi connectivity index (χ3v) is 12.0. The number of carbonyl (C=O) groups excluding carboxylic acids is 3. The fraction of sp³-hybridized carbons (Fsp3) is 0.733. The SMILES string of the molecule is C[C@@H]1C(=O)C(C#N)=C[C@]2(C)C3=CC(=O)C4C5CC(C)(C)CC[C@]5(C(N)=O)CC[C@@]4(C)[C@]3(C)CCC12. The summed E-state index contributed by atoms with van der Waals surface area (Å²) in [6.45, 7) is 13.2. The minimum Gasteiger partial charge on any atom is -0.369 e. The molecule has 0 saturated heterocycles. The summed E-state index contributed by atoms with van der Waals surface area (Å²) < 4.78 is 0. The molecule has 0 aromatic carbocycles. The summed E-state index contributed by atoms with van der Waals surface area (Å²) in [4.78, 5) is 40.0. The Hall–Kier alpha value is -2.22. The Morgan fingerprint density at radius 1 is 1.03 bits per heavy atom. The van der Waals surface area contributed by atoms with Crippen molar-refractivity contribution in [3.8, 4) is 6.07 Å². The number of nitriles is 1. The van der Waals surface area contributed by atoms with E-state index in [1.54, 1.807) is 0 Å². The average Bonchev–Trinajstić information content (AvgIpc) is 2.77. The summed E-state index contributed by atoms with van der Waals surface area (Å²) in [5.41, 5.74) is 5.85. The van der Waals surface area contributed by atoms with E-state index in [0.717, 1.165) is 50.5 Å². The molecule has 1 amide bonds. The van der Waals surface area contributed by atoms with Crippen molar-refractivity contribution in [2.45, 2.75) is 86.5 Å². The molecule has 188 valence electrons. The van der Waals surface area contributed by atoms with Crippen LogP contribution in [0.2, 0.25) is 0 Å². The number of primary amides is 1. The van der Waals surface area contributed by atoms with Crippen molar-refractivity contribution in [3.05, 3.63) is 23.3 Å². The Morgan fingerprint density at radius 2 is 1.69 bits per heavy atom. The van der Waals surface area contributed by atoms with Crippen LogP contribution in [-0.2, 0) is 14.4 Å². The Labute approximate surface area is 209 Å². The van der Waals surface area contributed by atoms with E-state index in [-0.39, 0.29) is 63.0 Å². The van der Waals surface area contributed by atoms with E-state index in [0.29, 0.717) is 0 Å². The first-order chi connectivity index (χ1) is 16.2. The van der Waals surface area contributed by atoms with Crippen molar-refractivity contribution >= 4 is 17.5 Å². The van der Waals surface area contributed by atoms with Crippen LogP contribution in [0.3, 0.4) is 0 Å². The first-order valence-corrected chi connectivity index (χ1v) is 13.4. The molecule has 8 atom stereocenters. The summed E-state index contributed by atoms with van der Waals surface area (Å²) in [5, 5.41) is 9.72. The van der Waals surface area contributed by atoms with Crippen LogP contribution in [0.1, 0.15) is 86.5 Å². The van der Waals surface area contributed by atoms with E-state index in [4.69, 9.17) is 5.73 Å². The van der Waals surface area contributed by atoms with Gasteiger partial charge in [-0.3, -0.25) is 14.4 Å². The maximum atomic E-state index is 14.2. The molecule has 0 radical (unpaired) electrons. The predicted octanol–water partition coefficient (Wildman–Crippen LogP) is 5.30. The summed E-state index contributed by atoms with van der Waals surface area (Å²) in [6, 6.07) is 2.14. The second-order valence-electron chi connectivity index (χ2n) is 13.9. The lowest BCUT2D eigenvalue weighted by Gasteiger charge is -2.68. The molecular formula is C30H40N2O3. The fourth-order valence-corrected chi connectivity index (χ4v) is 9.68. The maximum Gasteiger partial charge on any atom is 0.223 e. The molecule has 0 aliphatic heterocycles. The van der Waals surface area contributed by atoms with Gasteiger partial charge in [0.2, 0.25) is 5.91 Å². The highest BCUT2D eigenvalue weighted by molar-refractivity contribution is 6.02. The number of hydrogen-bond donors (Lipinski definition) is 1. The smallest absolute Gasteiger partial charge is 0.223 e. The Bertz CT molecular complexity index is 1140. The Morgan fingerprint density at radius 3 is 2.31 bits per heavy atom. The molecule has 5 heteroatoms. The molecule has 3 saturated carbocycles. The number of ketones is 2.